The molecule has 5 nitrogen and oxygen atoms in total. The van der Waals surface area contributed by atoms with Gasteiger partial charge in [0.15, 0.2) is 11.6 Å². The van der Waals surface area contributed by atoms with Gasteiger partial charge in [-0.2, -0.15) is 0 Å². The van der Waals surface area contributed by atoms with Crippen LogP contribution in [-0.4, -0.2) is 29.6 Å². The molecule has 0 saturated carbocycles. The molecule has 204 valence electrons. The quantitative estimate of drug-likeness (QED) is 0.264. The van der Waals surface area contributed by atoms with E-state index >= 15 is 0 Å². The van der Waals surface area contributed by atoms with Gasteiger partial charge in [-0.05, 0) is 52.6 Å². The number of Topliss-reactive ketones (excluding diaryl/α,β-unsaturated/α-hetero) is 2. The minimum atomic E-state index is -1.29. The molecule has 1 fully saturated rings. The van der Waals surface area contributed by atoms with Crippen LogP contribution in [0.3, 0.4) is 0 Å². The van der Waals surface area contributed by atoms with E-state index in [2.05, 4.69) is 24.1 Å². The maximum absolute atomic E-state index is 14.9. The zero-order valence-corrected chi connectivity index (χ0v) is 23.7. The van der Waals surface area contributed by atoms with E-state index in [1.165, 1.54) is 11.3 Å². The largest absolute Gasteiger partial charge is 0.352 e. The fourth-order valence-corrected chi connectivity index (χ4v) is 7.84. The summed E-state index contributed by atoms with van der Waals surface area (Å²) in [5.74, 6) is -1.03. The Hall–Kier alpha value is -4.29. The van der Waals surface area contributed by atoms with Crippen LogP contribution in [0.1, 0.15) is 50.6 Å². The average molecular weight is 559 g/mol. The number of amides is 1. The third-order valence-corrected chi connectivity index (χ3v) is 9.62. The van der Waals surface area contributed by atoms with Crippen molar-refractivity contribution < 1.29 is 14.4 Å². The number of hydrogen-bond acceptors (Lipinski definition) is 5. The van der Waals surface area contributed by atoms with Gasteiger partial charge in [0.25, 0.3) is 0 Å². The first kappa shape index (κ1) is 25.7. The lowest BCUT2D eigenvalue weighted by Crippen LogP contribution is -2.51. The predicted octanol–water partition coefficient (Wildman–Crippen LogP) is 6.80. The highest BCUT2D eigenvalue weighted by Crippen LogP contribution is 2.58. The predicted molar refractivity (Wildman–Crippen MR) is 164 cm³/mol. The Kier molecular flexibility index (Phi) is 6.05. The summed E-state index contributed by atoms with van der Waals surface area (Å²) in [4.78, 5) is 46.4. The van der Waals surface area contributed by atoms with Crippen molar-refractivity contribution in [2.24, 2.45) is 11.8 Å². The first-order chi connectivity index (χ1) is 19.9. The Morgan fingerprint density at radius 1 is 0.927 bits per heavy atom. The van der Waals surface area contributed by atoms with Crippen molar-refractivity contribution in [3.63, 3.8) is 0 Å². The summed E-state index contributed by atoms with van der Waals surface area (Å²) in [6.07, 6.45) is 4.94. The van der Waals surface area contributed by atoms with Gasteiger partial charge in [0, 0.05) is 16.9 Å². The Labute approximate surface area is 243 Å². The van der Waals surface area contributed by atoms with Gasteiger partial charge < -0.3 is 10.2 Å². The van der Waals surface area contributed by atoms with Gasteiger partial charge in [-0.1, -0.05) is 92.7 Å². The van der Waals surface area contributed by atoms with Crippen LogP contribution in [0.2, 0.25) is 0 Å². The standard InChI is InChI=1S/C35H30N2O3S/c1-21(2)20-22-13-15-24(16-14-22)32(38)30-31(33(39)28-12-7-19-41-28)37-27-11-6-3-8-23(27)17-18-29(37)35(30)25-9-4-5-10-26(25)36-34(35)40/h3-19,21,29-31H,20H2,1-2H3,(H,36,40)/t29-,30-,31+,35+/m0/s1. The van der Waals surface area contributed by atoms with Crippen molar-refractivity contribution in [1.29, 1.82) is 0 Å². The van der Waals surface area contributed by atoms with Crippen LogP contribution < -0.4 is 10.2 Å². The summed E-state index contributed by atoms with van der Waals surface area (Å²) in [7, 11) is 0. The van der Waals surface area contributed by atoms with E-state index < -0.39 is 23.4 Å². The van der Waals surface area contributed by atoms with Crippen LogP contribution >= 0.6 is 11.3 Å². The van der Waals surface area contributed by atoms with Gasteiger partial charge in [-0.3, -0.25) is 14.4 Å². The zero-order valence-electron chi connectivity index (χ0n) is 22.9. The lowest BCUT2D eigenvalue weighted by molar-refractivity contribution is -0.121. The monoisotopic (exact) mass is 558 g/mol. The normalized spacial score (nSPS) is 23.8. The topological polar surface area (TPSA) is 66.5 Å². The van der Waals surface area contributed by atoms with Gasteiger partial charge in [-0.15, -0.1) is 11.3 Å². The van der Waals surface area contributed by atoms with Gasteiger partial charge in [0.2, 0.25) is 5.91 Å². The molecule has 1 spiro atoms. The number of benzene rings is 3. The molecular formula is C35H30N2O3S. The smallest absolute Gasteiger partial charge is 0.238 e. The molecule has 0 aliphatic carbocycles. The number of fused-ring (bicyclic) bond motifs is 6. The van der Waals surface area contributed by atoms with Crippen molar-refractivity contribution in [3.05, 3.63) is 124 Å². The maximum atomic E-state index is 14.9. The molecular weight excluding hydrogens is 528 g/mol. The van der Waals surface area contributed by atoms with Crippen molar-refractivity contribution in [1.82, 2.24) is 0 Å². The third-order valence-electron chi connectivity index (χ3n) is 8.74. The molecule has 1 aromatic heterocycles. The minimum Gasteiger partial charge on any atom is -0.352 e. The molecule has 3 aromatic carbocycles. The summed E-state index contributed by atoms with van der Waals surface area (Å²) in [6, 6.07) is 25.5. The van der Waals surface area contributed by atoms with Gasteiger partial charge >= 0.3 is 0 Å². The van der Waals surface area contributed by atoms with E-state index in [4.69, 9.17) is 0 Å². The molecule has 3 aliphatic rings. The first-order valence-corrected chi connectivity index (χ1v) is 15.0. The maximum Gasteiger partial charge on any atom is 0.238 e. The number of ketones is 2. The molecule has 4 heterocycles. The highest BCUT2D eigenvalue weighted by atomic mass is 32.1. The molecule has 0 unspecified atom stereocenters. The molecule has 4 aromatic rings. The Bertz CT molecular complexity index is 1710. The van der Waals surface area contributed by atoms with Crippen molar-refractivity contribution in [2.75, 3.05) is 10.2 Å². The lowest BCUT2D eigenvalue weighted by atomic mass is 9.64. The van der Waals surface area contributed by atoms with E-state index in [9.17, 15) is 14.4 Å². The van der Waals surface area contributed by atoms with Gasteiger partial charge in [0.05, 0.1) is 16.8 Å². The SMILES string of the molecule is CC(C)Cc1ccc(C(=O)[C@@H]2[C@H](C(=O)c3cccs3)N3c4ccccc4C=C[C@H]3[C@@]23C(=O)Nc2ccccc23)cc1. The lowest BCUT2D eigenvalue weighted by Gasteiger charge is -2.37. The third kappa shape index (κ3) is 3.77. The van der Waals surface area contributed by atoms with Crippen LogP contribution in [0.5, 0.6) is 0 Å². The fraction of sp³-hybridized carbons (Fsp3) is 0.229. The molecule has 1 N–H and O–H groups in total. The summed E-state index contributed by atoms with van der Waals surface area (Å²) in [5.41, 5.74) is 3.66. The molecule has 1 saturated heterocycles. The van der Waals surface area contributed by atoms with Crippen molar-refractivity contribution in [3.8, 4) is 0 Å². The molecule has 3 aliphatic heterocycles. The number of hydrogen-bond donors (Lipinski definition) is 1. The Morgan fingerprint density at radius 2 is 1.68 bits per heavy atom. The fourth-order valence-electron chi connectivity index (χ4n) is 7.14. The second-order valence-corrected chi connectivity index (χ2v) is 12.5. The van der Waals surface area contributed by atoms with E-state index in [1.807, 2.05) is 102 Å². The second-order valence-electron chi connectivity index (χ2n) is 11.6. The summed E-state index contributed by atoms with van der Waals surface area (Å²) < 4.78 is 0. The number of para-hydroxylation sites is 2. The number of carbonyl (C=O) groups is 3. The van der Waals surface area contributed by atoms with Crippen molar-refractivity contribution >= 4 is 46.3 Å². The van der Waals surface area contributed by atoms with Gasteiger partial charge in [0.1, 0.15) is 11.5 Å². The number of thiophene rings is 1. The second kappa shape index (κ2) is 9.67. The van der Waals surface area contributed by atoms with Crippen LogP contribution in [0.15, 0.2) is 96.4 Å². The number of anilines is 2. The Balaban J connectivity index is 1.48. The van der Waals surface area contributed by atoms with Crippen LogP contribution in [0, 0.1) is 11.8 Å². The molecule has 4 atom stereocenters. The zero-order chi connectivity index (χ0) is 28.3. The number of rotatable bonds is 6. The van der Waals surface area contributed by atoms with E-state index in [0.29, 0.717) is 22.0 Å². The van der Waals surface area contributed by atoms with Crippen LogP contribution in [-0.2, 0) is 16.6 Å². The van der Waals surface area contributed by atoms with E-state index in [1.54, 1.807) is 0 Å². The number of carbonyl (C=O) groups excluding carboxylic acids is 3. The van der Waals surface area contributed by atoms with Crippen molar-refractivity contribution in [2.45, 2.75) is 37.8 Å². The van der Waals surface area contributed by atoms with Crippen LogP contribution in [0.4, 0.5) is 11.4 Å². The molecule has 0 radical (unpaired) electrons. The Morgan fingerprint density at radius 3 is 2.44 bits per heavy atom. The molecule has 7 rings (SSSR count). The summed E-state index contributed by atoms with van der Waals surface area (Å²) in [5, 5.41) is 4.96. The summed E-state index contributed by atoms with van der Waals surface area (Å²) >= 11 is 1.37. The number of nitrogens with one attached hydrogen (secondary N) is 1. The highest BCUT2D eigenvalue weighted by Gasteiger charge is 2.70. The average Bonchev–Trinajstić information content (AvgIpc) is 3.69. The van der Waals surface area contributed by atoms with Crippen LogP contribution in [0.25, 0.3) is 6.08 Å². The minimum absolute atomic E-state index is 0.140. The first-order valence-electron chi connectivity index (χ1n) is 14.1. The number of nitrogens with zero attached hydrogens (tertiary/aromatic N) is 1. The molecule has 1 amide bonds. The molecule has 41 heavy (non-hydrogen) atoms. The van der Waals surface area contributed by atoms with Gasteiger partial charge in [-0.25, -0.2) is 0 Å². The molecule has 0 bridgehead atoms. The summed E-state index contributed by atoms with van der Waals surface area (Å²) in [6.45, 7) is 4.33. The highest BCUT2D eigenvalue weighted by molar-refractivity contribution is 7.12. The van der Waals surface area contributed by atoms with E-state index in [-0.39, 0.29) is 17.5 Å². The molecule has 6 heteroatoms. The van der Waals surface area contributed by atoms with E-state index in [0.717, 1.165) is 28.8 Å².